The first-order chi connectivity index (χ1) is 20.5. The standard InChI is InChI=1S/C13H16NO5P.C9H6BrNO2.C5H14NO3P/c1-3-18-20(17,19-4-2)9-14-12(15)10-7-5-6-8-11(10)13(14)16;10-5-11-8(12)6-3-1-2-4-7(6)9(11)13;1-3-8-10(7,5-6)9-4-2/h5-8H,3-4,9H2,1-2H3;1-4H,5H2;3-6H2,1-2H3. The van der Waals surface area contributed by atoms with Crippen molar-refractivity contribution in [2.75, 3.05) is 44.5 Å². The van der Waals surface area contributed by atoms with Crippen molar-refractivity contribution in [2.45, 2.75) is 27.7 Å². The number of nitrogens with two attached hydrogens (primary N) is 1. The number of fused-ring (bicyclic) bond motifs is 2. The van der Waals surface area contributed by atoms with E-state index in [0.717, 1.165) is 4.90 Å². The van der Waals surface area contributed by atoms with Gasteiger partial charge in [-0.05, 0) is 52.0 Å². The van der Waals surface area contributed by atoms with Crippen molar-refractivity contribution >= 4 is 54.8 Å². The van der Waals surface area contributed by atoms with Crippen LogP contribution in [0.2, 0.25) is 0 Å². The van der Waals surface area contributed by atoms with Crippen LogP contribution < -0.4 is 5.73 Å². The lowest BCUT2D eigenvalue weighted by atomic mass is 10.1. The number of imide groups is 2. The average Bonchev–Trinajstić information content (AvgIpc) is 3.38. The Labute approximate surface area is 259 Å². The van der Waals surface area contributed by atoms with Crippen molar-refractivity contribution in [1.82, 2.24) is 9.80 Å². The van der Waals surface area contributed by atoms with Gasteiger partial charge in [0, 0.05) is 0 Å². The van der Waals surface area contributed by atoms with Gasteiger partial charge in [-0.25, -0.2) is 0 Å². The first-order valence-corrected chi connectivity index (χ1v) is 18.0. The van der Waals surface area contributed by atoms with Crippen LogP contribution in [0.15, 0.2) is 48.5 Å². The molecule has 0 aliphatic carbocycles. The summed E-state index contributed by atoms with van der Waals surface area (Å²) in [5.74, 6) is -1.38. The van der Waals surface area contributed by atoms with Crippen molar-refractivity contribution < 1.29 is 46.4 Å². The molecule has 2 aromatic rings. The molecule has 2 heterocycles. The van der Waals surface area contributed by atoms with Crippen LogP contribution in [0.3, 0.4) is 0 Å². The number of halogens is 1. The van der Waals surface area contributed by atoms with Crippen molar-refractivity contribution in [3.63, 3.8) is 0 Å². The van der Waals surface area contributed by atoms with Gasteiger partial charge in [-0.2, -0.15) is 0 Å². The predicted octanol–water partition coefficient (Wildman–Crippen LogP) is 5.31. The number of hydrogen-bond donors (Lipinski definition) is 1. The molecule has 4 rings (SSSR count). The van der Waals surface area contributed by atoms with Gasteiger partial charge in [0.25, 0.3) is 23.6 Å². The molecule has 2 aliphatic heterocycles. The Kier molecular flexibility index (Phi) is 14.6. The van der Waals surface area contributed by atoms with Crippen LogP contribution in [0.4, 0.5) is 0 Å². The highest BCUT2D eigenvalue weighted by atomic mass is 79.9. The summed E-state index contributed by atoms with van der Waals surface area (Å²) < 4.78 is 43.5. The first-order valence-electron chi connectivity index (χ1n) is 13.4. The second-order valence-corrected chi connectivity index (χ2v) is 13.1. The molecule has 0 bridgehead atoms. The Morgan fingerprint density at radius 2 is 0.907 bits per heavy atom. The zero-order chi connectivity index (χ0) is 32.2. The van der Waals surface area contributed by atoms with Crippen LogP contribution in [0.5, 0.6) is 0 Å². The Bertz CT molecular complexity index is 1320. The van der Waals surface area contributed by atoms with Crippen LogP contribution in [-0.2, 0) is 27.2 Å². The predicted molar refractivity (Wildman–Crippen MR) is 163 cm³/mol. The molecule has 0 saturated heterocycles. The summed E-state index contributed by atoms with van der Waals surface area (Å²) in [6.45, 7) is 7.95. The largest absolute Gasteiger partial charge is 0.350 e. The summed E-state index contributed by atoms with van der Waals surface area (Å²) in [7, 11) is -6.41. The van der Waals surface area contributed by atoms with E-state index in [4.69, 9.17) is 23.8 Å². The monoisotopic (exact) mass is 703 g/mol. The van der Waals surface area contributed by atoms with E-state index in [9.17, 15) is 28.3 Å². The minimum atomic E-state index is -3.49. The molecule has 0 aromatic heterocycles. The molecule has 0 atom stereocenters. The van der Waals surface area contributed by atoms with Crippen LogP contribution >= 0.6 is 31.1 Å². The number of rotatable bonds is 12. The third kappa shape index (κ3) is 9.23. The highest BCUT2D eigenvalue weighted by molar-refractivity contribution is 9.09. The number of hydrogen-bond acceptors (Lipinski definition) is 11. The number of nitrogens with zero attached hydrogens (tertiary/aromatic N) is 2. The lowest BCUT2D eigenvalue weighted by molar-refractivity contribution is 0.0655. The highest BCUT2D eigenvalue weighted by Crippen LogP contribution is 2.49. The van der Waals surface area contributed by atoms with E-state index in [1.807, 2.05) is 0 Å². The zero-order valence-electron chi connectivity index (χ0n) is 24.4. The van der Waals surface area contributed by atoms with Crippen LogP contribution in [0, 0.1) is 0 Å². The van der Waals surface area contributed by atoms with Gasteiger partial charge in [-0.15, -0.1) is 0 Å². The van der Waals surface area contributed by atoms with Gasteiger partial charge in [-0.1, -0.05) is 40.2 Å². The molecule has 2 aromatic carbocycles. The summed E-state index contributed by atoms with van der Waals surface area (Å²) in [6, 6.07) is 13.3. The molecule has 2 aliphatic rings. The summed E-state index contributed by atoms with van der Waals surface area (Å²) in [4.78, 5) is 49.5. The quantitative estimate of drug-likeness (QED) is 0.131. The van der Waals surface area contributed by atoms with Crippen molar-refractivity contribution in [1.29, 1.82) is 0 Å². The SMILES string of the molecule is CCOP(=O)(CN)OCC.CCOP(=O)(CN1C(=O)c2ccccc2C1=O)OCC.O=C1c2ccccc2C(=O)N1CBr. The fourth-order valence-electron chi connectivity index (χ4n) is 3.94. The summed E-state index contributed by atoms with van der Waals surface area (Å²) >= 11 is 3.10. The number of amides is 4. The van der Waals surface area contributed by atoms with E-state index in [0.29, 0.717) is 35.5 Å². The fourth-order valence-corrected chi connectivity index (χ4v) is 7.09. The molecule has 0 unspecified atom stereocenters. The maximum atomic E-state index is 12.4. The van der Waals surface area contributed by atoms with Crippen LogP contribution in [0.1, 0.15) is 69.1 Å². The molecule has 0 radical (unpaired) electrons. The van der Waals surface area contributed by atoms with E-state index in [2.05, 4.69) is 15.9 Å². The van der Waals surface area contributed by atoms with Gasteiger partial charge in [-0.3, -0.25) is 38.1 Å². The van der Waals surface area contributed by atoms with Gasteiger partial charge < -0.3 is 23.8 Å². The minimum Gasteiger partial charge on any atom is -0.320 e. The lowest BCUT2D eigenvalue weighted by Crippen LogP contribution is -2.31. The average molecular weight is 704 g/mol. The number of carbonyl (C=O) groups excluding carboxylic acids is 4. The molecule has 4 amide bonds. The summed E-state index contributed by atoms with van der Waals surface area (Å²) in [6.07, 6.45) is -0.407. The highest BCUT2D eigenvalue weighted by Gasteiger charge is 2.40. The topological polar surface area (TPSA) is 172 Å². The van der Waals surface area contributed by atoms with Gasteiger partial charge in [0.05, 0.1) is 60.4 Å². The van der Waals surface area contributed by atoms with Crippen molar-refractivity contribution in [3.05, 3.63) is 70.8 Å². The van der Waals surface area contributed by atoms with Gasteiger partial charge in [0.15, 0.2) is 0 Å². The van der Waals surface area contributed by atoms with Crippen molar-refractivity contribution in [2.24, 2.45) is 5.73 Å². The van der Waals surface area contributed by atoms with Crippen LogP contribution in [0.25, 0.3) is 0 Å². The molecule has 2 N–H and O–H groups in total. The number of carbonyl (C=O) groups is 4. The maximum absolute atomic E-state index is 12.4. The molecule has 0 saturated carbocycles. The fraction of sp³-hybridized carbons (Fsp3) is 0.407. The number of alkyl halides is 1. The Balaban J connectivity index is 0.000000242. The second kappa shape index (κ2) is 17.1. The van der Waals surface area contributed by atoms with E-state index < -0.39 is 27.0 Å². The Hall–Kier alpha value is -2.54. The third-order valence-electron chi connectivity index (χ3n) is 5.72. The normalized spacial score (nSPS) is 14.2. The Morgan fingerprint density at radius 1 is 0.605 bits per heavy atom. The van der Waals surface area contributed by atoms with Gasteiger partial charge in [0.1, 0.15) is 6.29 Å². The molecule has 16 heteroatoms. The van der Waals surface area contributed by atoms with Gasteiger partial charge >= 0.3 is 15.2 Å². The lowest BCUT2D eigenvalue weighted by Gasteiger charge is -2.21. The summed E-state index contributed by atoms with van der Waals surface area (Å²) in [5.41, 5.74) is 7.03. The maximum Gasteiger partial charge on any atom is 0.350 e. The van der Waals surface area contributed by atoms with Crippen molar-refractivity contribution in [3.8, 4) is 0 Å². The molecule has 0 spiro atoms. The zero-order valence-corrected chi connectivity index (χ0v) is 27.8. The van der Waals surface area contributed by atoms with E-state index >= 15 is 0 Å². The van der Waals surface area contributed by atoms with Gasteiger partial charge in [0.2, 0.25) is 0 Å². The molecular weight excluding hydrogens is 668 g/mol. The molecule has 236 valence electrons. The number of benzene rings is 2. The molecular formula is C27H36BrN3O10P2. The Morgan fingerprint density at radius 3 is 1.19 bits per heavy atom. The molecule has 43 heavy (non-hydrogen) atoms. The van der Waals surface area contributed by atoms with E-state index in [-0.39, 0.29) is 43.1 Å². The molecule has 13 nitrogen and oxygen atoms in total. The minimum absolute atomic E-state index is 0.0469. The third-order valence-corrected chi connectivity index (χ3v) is 9.90. The smallest absolute Gasteiger partial charge is 0.320 e. The van der Waals surface area contributed by atoms with E-state index in [1.165, 1.54) is 4.90 Å². The second-order valence-electron chi connectivity index (χ2n) is 8.50. The molecule has 0 fully saturated rings. The van der Waals surface area contributed by atoms with E-state index in [1.54, 1.807) is 76.2 Å². The summed E-state index contributed by atoms with van der Waals surface area (Å²) in [5, 5.41) is 0. The van der Waals surface area contributed by atoms with Crippen LogP contribution in [-0.4, -0.2) is 77.9 Å². The first kappa shape index (κ1) is 36.7.